The lowest BCUT2D eigenvalue weighted by molar-refractivity contribution is -0.384. The smallest absolute Gasteiger partial charge is 0.355 e. The van der Waals surface area contributed by atoms with Crippen molar-refractivity contribution in [1.82, 2.24) is 14.3 Å². The fourth-order valence-electron chi connectivity index (χ4n) is 4.79. The van der Waals surface area contributed by atoms with Crippen molar-refractivity contribution in [2.45, 2.75) is 43.7 Å². The van der Waals surface area contributed by atoms with Gasteiger partial charge < -0.3 is 19.8 Å². The zero-order valence-electron chi connectivity index (χ0n) is 19.3. The third kappa shape index (κ3) is 3.79. The van der Waals surface area contributed by atoms with E-state index in [1.807, 2.05) is 6.26 Å². The quantitative estimate of drug-likeness (QED) is 0.147. The van der Waals surface area contributed by atoms with Gasteiger partial charge in [-0.05, 0) is 37.3 Å². The summed E-state index contributed by atoms with van der Waals surface area (Å²) in [6, 6.07) is 5.26. The van der Waals surface area contributed by atoms with Gasteiger partial charge in [-0.15, -0.1) is 23.1 Å². The number of imidazole rings is 1. The molecule has 2 aromatic heterocycles. The minimum absolute atomic E-state index is 0.0752. The van der Waals surface area contributed by atoms with E-state index in [2.05, 4.69) is 4.98 Å². The van der Waals surface area contributed by atoms with Crippen LogP contribution in [0.2, 0.25) is 0 Å². The summed E-state index contributed by atoms with van der Waals surface area (Å²) in [7, 11) is 0. The number of thiazole rings is 1. The number of ether oxygens (including phenoxy) is 1. The zero-order valence-corrected chi connectivity index (χ0v) is 20.9. The molecule has 11 nitrogen and oxygen atoms in total. The second-order valence-corrected chi connectivity index (χ2v) is 10.3. The van der Waals surface area contributed by atoms with Crippen LogP contribution in [-0.2, 0) is 27.5 Å². The maximum Gasteiger partial charge on any atom is 0.355 e. The summed E-state index contributed by atoms with van der Waals surface area (Å²) in [5.41, 5.74) is 1.71. The molecule has 2 aliphatic heterocycles. The van der Waals surface area contributed by atoms with Crippen LogP contribution in [0.25, 0.3) is 10.4 Å². The van der Waals surface area contributed by atoms with Gasteiger partial charge >= 0.3 is 5.97 Å². The third-order valence-corrected chi connectivity index (χ3v) is 8.58. The molecule has 0 unspecified atom stereocenters. The average Bonchev–Trinajstić information content (AvgIpc) is 3.51. The summed E-state index contributed by atoms with van der Waals surface area (Å²) in [5.74, 6) is -1.70. The van der Waals surface area contributed by atoms with Gasteiger partial charge in [0.05, 0.1) is 40.2 Å². The Labute approximate surface area is 213 Å². The topological polar surface area (TPSA) is 148 Å². The molecule has 3 atom stereocenters. The van der Waals surface area contributed by atoms with Crippen molar-refractivity contribution in [2.75, 3.05) is 6.26 Å². The molecule has 36 heavy (non-hydrogen) atoms. The minimum atomic E-state index is -0.876. The molecule has 4 heterocycles. The number of esters is 1. The van der Waals surface area contributed by atoms with Crippen molar-refractivity contribution in [3.63, 3.8) is 0 Å². The van der Waals surface area contributed by atoms with Gasteiger partial charge in [-0.1, -0.05) is 0 Å². The van der Waals surface area contributed by atoms with Crippen LogP contribution in [0.5, 0.6) is 0 Å². The maximum absolute atomic E-state index is 13.3. The van der Waals surface area contributed by atoms with Crippen LogP contribution < -0.4 is 0 Å². The van der Waals surface area contributed by atoms with E-state index in [1.165, 1.54) is 52.3 Å². The molecule has 0 bridgehead atoms. The number of amides is 1. The maximum atomic E-state index is 13.3. The first-order valence-electron chi connectivity index (χ1n) is 11.1. The van der Waals surface area contributed by atoms with Crippen LogP contribution in [0, 0.1) is 16.0 Å². The number of nitrogens with zero attached hydrogens (tertiary/aromatic N) is 4. The van der Waals surface area contributed by atoms with Gasteiger partial charge in [-0.3, -0.25) is 19.3 Å². The van der Waals surface area contributed by atoms with Crippen molar-refractivity contribution in [2.24, 2.45) is 5.92 Å². The number of β-lactam (4-membered cyclic amide) rings is 1. The highest BCUT2D eigenvalue weighted by Crippen LogP contribution is 2.49. The normalized spacial score (nSPS) is 20.0. The van der Waals surface area contributed by atoms with E-state index in [9.17, 15) is 29.9 Å². The molecule has 1 fully saturated rings. The monoisotopic (exact) mass is 530 g/mol. The van der Waals surface area contributed by atoms with E-state index in [1.54, 1.807) is 17.7 Å². The number of hydrogen-bond acceptors (Lipinski definition) is 10. The summed E-state index contributed by atoms with van der Waals surface area (Å²) >= 11 is 2.84. The highest BCUT2D eigenvalue weighted by Gasteiger charge is 2.57. The van der Waals surface area contributed by atoms with Crippen LogP contribution in [0.1, 0.15) is 29.5 Å². The van der Waals surface area contributed by atoms with Crippen molar-refractivity contribution in [3.05, 3.63) is 62.5 Å². The first-order chi connectivity index (χ1) is 17.3. The van der Waals surface area contributed by atoms with E-state index in [4.69, 9.17) is 4.74 Å². The highest BCUT2D eigenvalue weighted by molar-refractivity contribution is 7.98. The van der Waals surface area contributed by atoms with E-state index in [0.717, 1.165) is 9.86 Å². The first kappa shape index (κ1) is 24.4. The van der Waals surface area contributed by atoms with Crippen molar-refractivity contribution in [1.29, 1.82) is 0 Å². The Morgan fingerprint density at radius 2 is 2.11 bits per heavy atom. The molecule has 0 radical (unpaired) electrons. The van der Waals surface area contributed by atoms with Crippen LogP contribution in [0.4, 0.5) is 5.69 Å². The van der Waals surface area contributed by atoms with E-state index in [0.29, 0.717) is 28.1 Å². The molecule has 1 amide bonds. The van der Waals surface area contributed by atoms with Crippen LogP contribution in [0.3, 0.4) is 0 Å². The number of carbonyl (C=O) groups is 2. The van der Waals surface area contributed by atoms with Gasteiger partial charge in [0.1, 0.15) is 28.5 Å². The number of rotatable bonds is 8. The lowest BCUT2D eigenvalue weighted by atomic mass is 9.83. The van der Waals surface area contributed by atoms with Crippen LogP contribution in [-0.4, -0.2) is 59.7 Å². The molecule has 188 valence electrons. The number of aliphatic hydroxyl groups excluding tert-OH is 2. The molecular formula is C23H22N4O7S2. The molecule has 2 aliphatic rings. The number of nitro benzene ring substituents is 1. The molecule has 1 aromatic carbocycles. The molecule has 5 rings (SSSR count). The molecular weight excluding hydrogens is 508 g/mol. The Morgan fingerprint density at radius 1 is 1.39 bits per heavy atom. The standard InChI is InChI=1S/C23H22N4O7S2/c1-11(29)17-15-7-14(19-16(8-28)25-10-24-20(35-2)22(25)36-19)18(26(15)21(17)30)23(31)34-9-12-3-5-13(6-4-12)27(32)33/h3-6,10-11,15,17,28-29H,7-9H2,1-2H3/t11-,15-,17-/m1/s1. The highest BCUT2D eigenvalue weighted by atomic mass is 32.2. The predicted molar refractivity (Wildman–Crippen MR) is 131 cm³/mol. The Balaban J connectivity index is 1.51. The molecule has 1 saturated heterocycles. The number of carbonyl (C=O) groups excluding carboxylic acids is 2. The summed E-state index contributed by atoms with van der Waals surface area (Å²) in [5, 5.41) is 32.0. The molecule has 0 saturated carbocycles. The Bertz CT molecular complexity index is 1410. The predicted octanol–water partition coefficient (Wildman–Crippen LogP) is 2.58. The van der Waals surface area contributed by atoms with Crippen molar-refractivity contribution >= 4 is 51.1 Å². The van der Waals surface area contributed by atoms with Crippen molar-refractivity contribution in [3.8, 4) is 0 Å². The number of nitro groups is 1. The first-order valence-corrected chi connectivity index (χ1v) is 13.1. The zero-order chi connectivity index (χ0) is 25.7. The summed E-state index contributed by atoms with van der Waals surface area (Å²) in [6.07, 6.45) is 2.97. The summed E-state index contributed by atoms with van der Waals surface area (Å²) in [6.45, 7) is 1.11. The number of aliphatic hydroxyl groups is 2. The summed E-state index contributed by atoms with van der Waals surface area (Å²) < 4.78 is 7.31. The Kier molecular flexibility index (Phi) is 6.32. The van der Waals surface area contributed by atoms with Gasteiger partial charge in [-0.2, -0.15) is 0 Å². The number of hydrogen-bond donors (Lipinski definition) is 2. The SMILES string of the molecule is CSc1ncn2c(CO)c(C3=C(C(=O)OCc4ccc([N+](=O)[O-])cc4)N4C(=O)[C@H]([C@@H](C)O)[C@H]4C3)sc12. The Hall–Kier alpha value is -3.26. The number of benzene rings is 1. The Morgan fingerprint density at radius 3 is 2.72 bits per heavy atom. The van der Waals surface area contributed by atoms with Crippen LogP contribution >= 0.6 is 23.1 Å². The van der Waals surface area contributed by atoms with Gasteiger partial charge in [0.25, 0.3) is 5.69 Å². The largest absolute Gasteiger partial charge is 0.456 e. The van der Waals surface area contributed by atoms with Gasteiger partial charge in [0, 0.05) is 17.7 Å². The van der Waals surface area contributed by atoms with E-state index >= 15 is 0 Å². The molecule has 2 N–H and O–H groups in total. The lowest BCUT2D eigenvalue weighted by Crippen LogP contribution is -2.61. The van der Waals surface area contributed by atoms with E-state index < -0.39 is 22.9 Å². The third-order valence-electron chi connectivity index (χ3n) is 6.50. The number of aromatic nitrogens is 2. The van der Waals surface area contributed by atoms with Gasteiger partial charge in [0.15, 0.2) is 0 Å². The molecule has 13 heteroatoms. The van der Waals surface area contributed by atoms with Crippen LogP contribution in [0.15, 0.2) is 41.3 Å². The number of thioether (sulfide) groups is 1. The number of fused-ring (bicyclic) bond motifs is 2. The molecule has 0 aliphatic carbocycles. The fraction of sp³-hybridized carbons (Fsp3) is 0.348. The second-order valence-electron chi connectivity index (χ2n) is 8.54. The van der Waals surface area contributed by atoms with E-state index in [-0.39, 0.29) is 36.5 Å². The minimum Gasteiger partial charge on any atom is -0.456 e. The average molecular weight is 531 g/mol. The lowest BCUT2D eigenvalue weighted by Gasteiger charge is -2.44. The van der Waals surface area contributed by atoms with Crippen molar-refractivity contribution < 1.29 is 29.5 Å². The molecule has 3 aromatic rings. The number of non-ortho nitro benzene ring substituents is 1. The second kappa shape index (κ2) is 9.32. The summed E-state index contributed by atoms with van der Waals surface area (Å²) in [4.78, 5) is 43.8. The molecule has 0 spiro atoms. The van der Waals surface area contributed by atoms with Gasteiger partial charge in [0.2, 0.25) is 5.91 Å². The van der Waals surface area contributed by atoms with Gasteiger partial charge in [-0.25, -0.2) is 9.78 Å². The fourth-order valence-corrected chi connectivity index (χ4v) is 6.76.